The van der Waals surface area contributed by atoms with Crippen LogP contribution in [0.2, 0.25) is 0 Å². The second kappa shape index (κ2) is 21.1. The number of ether oxygens (including phenoxy) is 2. The maximum Gasteiger partial charge on any atom is 0.415 e. The Hall–Kier alpha value is -5.75. The summed E-state index contributed by atoms with van der Waals surface area (Å²) >= 11 is 3.26. The molecule has 2 aromatic carbocycles. The molecular formula is C41H45N11O4S2. The number of aromatic amines is 2. The molecular weight excluding hydrogens is 775 g/mol. The summed E-state index contributed by atoms with van der Waals surface area (Å²) in [5.41, 5.74) is 4.33. The van der Waals surface area contributed by atoms with Gasteiger partial charge >= 0.3 is 12.2 Å². The van der Waals surface area contributed by atoms with Gasteiger partial charge in [-0.15, -0.1) is 0 Å². The van der Waals surface area contributed by atoms with Gasteiger partial charge in [0.15, 0.2) is 10.3 Å². The maximum absolute atomic E-state index is 12.5. The molecule has 2 aliphatic rings. The molecule has 0 aliphatic carbocycles. The van der Waals surface area contributed by atoms with Crippen molar-refractivity contribution in [2.24, 2.45) is 0 Å². The number of nitrogens with one attached hydrogen (secondary N) is 2. The number of benzene rings is 2. The maximum atomic E-state index is 12.5. The van der Waals surface area contributed by atoms with Crippen molar-refractivity contribution >= 4 is 35.7 Å². The molecule has 2 aliphatic heterocycles. The third-order valence-electron chi connectivity index (χ3n) is 9.36. The minimum absolute atomic E-state index is 0.291. The first-order chi connectivity index (χ1) is 28.5. The number of hydrogen-bond acceptors (Lipinski definition) is 13. The van der Waals surface area contributed by atoms with E-state index < -0.39 is 0 Å². The fraction of sp³-hybridized carbons (Fsp3) is 0.293. The van der Waals surface area contributed by atoms with Crippen LogP contribution in [0.1, 0.15) is 22.5 Å². The predicted molar refractivity (Wildman–Crippen MR) is 221 cm³/mol. The van der Waals surface area contributed by atoms with Gasteiger partial charge in [0, 0.05) is 114 Å². The smallest absolute Gasteiger partial charge is 0.410 e. The van der Waals surface area contributed by atoms with Gasteiger partial charge < -0.3 is 29.2 Å². The lowest BCUT2D eigenvalue weighted by molar-refractivity contribution is 0.107. The van der Waals surface area contributed by atoms with Crippen molar-refractivity contribution in [3.8, 4) is 11.5 Å². The topological polar surface area (TPSA) is 162 Å². The van der Waals surface area contributed by atoms with E-state index in [0.29, 0.717) is 37.7 Å². The van der Waals surface area contributed by atoms with Gasteiger partial charge in [-0.2, -0.15) is 0 Å². The molecule has 0 radical (unpaired) electrons. The second-order valence-electron chi connectivity index (χ2n) is 13.4. The van der Waals surface area contributed by atoms with Crippen molar-refractivity contribution in [1.82, 2.24) is 54.5 Å². The first kappa shape index (κ1) is 40.4. The molecule has 0 spiro atoms. The first-order valence-electron chi connectivity index (χ1n) is 19.0. The molecule has 2 saturated heterocycles. The summed E-state index contributed by atoms with van der Waals surface area (Å²) in [7, 11) is 0. The van der Waals surface area contributed by atoms with Crippen LogP contribution in [0, 0.1) is 0 Å². The van der Waals surface area contributed by atoms with Crippen LogP contribution in [0.3, 0.4) is 0 Å². The minimum Gasteiger partial charge on any atom is -0.410 e. The van der Waals surface area contributed by atoms with E-state index in [-0.39, 0.29) is 12.2 Å². The van der Waals surface area contributed by atoms with Crippen LogP contribution in [0.25, 0.3) is 0 Å². The van der Waals surface area contributed by atoms with E-state index in [1.165, 1.54) is 0 Å². The van der Waals surface area contributed by atoms with E-state index in [2.05, 4.69) is 44.7 Å². The Morgan fingerprint density at radius 3 is 1.47 bits per heavy atom. The lowest BCUT2D eigenvalue weighted by atomic mass is 10.2. The zero-order valence-corrected chi connectivity index (χ0v) is 33.6. The summed E-state index contributed by atoms with van der Waals surface area (Å²) < 4.78 is 11.1. The normalized spacial score (nSPS) is 14.7. The Bertz CT molecular complexity index is 1940. The van der Waals surface area contributed by atoms with Crippen molar-refractivity contribution in [3.63, 3.8) is 0 Å². The zero-order chi connectivity index (χ0) is 39.8. The largest absolute Gasteiger partial charge is 0.415 e. The molecule has 0 bridgehead atoms. The van der Waals surface area contributed by atoms with Crippen molar-refractivity contribution < 1.29 is 19.1 Å². The van der Waals surface area contributed by atoms with Gasteiger partial charge in [-0.25, -0.2) is 29.5 Å². The van der Waals surface area contributed by atoms with Gasteiger partial charge in [-0.3, -0.25) is 14.8 Å². The molecule has 6 aromatic rings. The van der Waals surface area contributed by atoms with Crippen LogP contribution in [0.15, 0.2) is 127 Å². The van der Waals surface area contributed by atoms with Crippen LogP contribution < -0.4 is 9.47 Å². The highest BCUT2D eigenvalue weighted by atomic mass is 32.2. The van der Waals surface area contributed by atoms with Crippen LogP contribution in [0.5, 0.6) is 11.5 Å². The van der Waals surface area contributed by atoms with Crippen molar-refractivity contribution in [2.75, 3.05) is 52.4 Å². The van der Waals surface area contributed by atoms with Crippen molar-refractivity contribution in [1.29, 1.82) is 0 Å². The van der Waals surface area contributed by atoms with Crippen LogP contribution in [-0.4, -0.2) is 119 Å². The third-order valence-corrected chi connectivity index (χ3v) is 11.3. The fourth-order valence-corrected chi connectivity index (χ4v) is 7.70. The number of carbonyl (C=O) groups is 2. The number of nitrogens with zero attached hydrogens (tertiary/aromatic N) is 9. The molecule has 4 aromatic heterocycles. The number of H-pyrrole nitrogens is 2. The van der Waals surface area contributed by atoms with Crippen LogP contribution >= 0.6 is 23.5 Å². The average molecular weight is 820 g/mol. The average Bonchev–Trinajstić information content (AvgIpc) is 4.00. The summed E-state index contributed by atoms with van der Waals surface area (Å²) in [6.07, 6.45) is 11.6. The SMILES string of the molecule is O=C(Oc1ccc(CSc2ncc[nH]2)cc1)N1CCN(Cc2ccccn2)CC1.O=C(Oc1ccc(CSc2ncc[nH]2)cc1)N1CCN(Cc2ccncn2)CC1. The summed E-state index contributed by atoms with van der Waals surface area (Å²) in [5.74, 6) is 2.73. The Labute approximate surface area is 345 Å². The molecule has 2 fully saturated rings. The molecule has 0 saturated carbocycles. The van der Waals surface area contributed by atoms with E-state index in [1.54, 1.807) is 64.4 Å². The molecule has 17 heteroatoms. The summed E-state index contributed by atoms with van der Waals surface area (Å²) in [5, 5.41) is 1.78. The number of piperazine rings is 2. The van der Waals surface area contributed by atoms with E-state index >= 15 is 0 Å². The van der Waals surface area contributed by atoms with Gasteiger partial charge in [-0.1, -0.05) is 53.9 Å². The molecule has 6 heterocycles. The van der Waals surface area contributed by atoms with E-state index in [1.807, 2.05) is 85.2 Å². The highest BCUT2D eigenvalue weighted by Gasteiger charge is 2.24. The number of aromatic nitrogens is 7. The molecule has 2 amide bonds. The molecule has 15 nitrogen and oxygen atoms in total. The number of rotatable bonds is 12. The van der Waals surface area contributed by atoms with E-state index in [4.69, 9.17) is 9.47 Å². The zero-order valence-electron chi connectivity index (χ0n) is 31.9. The highest BCUT2D eigenvalue weighted by Crippen LogP contribution is 2.23. The molecule has 0 unspecified atom stereocenters. The van der Waals surface area contributed by atoms with Crippen LogP contribution in [0.4, 0.5) is 9.59 Å². The fourth-order valence-electron chi connectivity index (χ4n) is 6.14. The van der Waals surface area contributed by atoms with Gasteiger partial charge in [0.25, 0.3) is 0 Å². The van der Waals surface area contributed by atoms with Crippen molar-refractivity contribution in [2.45, 2.75) is 34.9 Å². The van der Waals surface area contributed by atoms with Gasteiger partial charge in [0.05, 0.1) is 11.4 Å². The minimum atomic E-state index is -0.301. The standard InChI is InChI=1S/C21H23N5O2S.C20H22N6O2S/c27-21(26-13-11-25(12-14-26)15-18-3-1-2-8-22-18)28-19-6-4-17(5-7-19)16-29-20-23-9-10-24-20;27-20(26-11-9-25(10-12-26)13-17-5-6-21-15-24-17)28-18-3-1-16(2-4-18)14-29-19-22-7-8-23-19/h1-10H,11-16H2,(H,23,24);1-8,15H,9-14H2,(H,22,23). The molecule has 300 valence electrons. The lowest BCUT2D eigenvalue weighted by Gasteiger charge is -2.33. The van der Waals surface area contributed by atoms with Gasteiger partial charge in [-0.05, 0) is 53.6 Å². The monoisotopic (exact) mass is 819 g/mol. The molecule has 8 rings (SSSR count). The number of hydrogen-bond donors (Lipinski definition) is 2. The van der Waals surface area contributed by atoms with E-state index in [0.717, 1.165) is 83.6 Å². The number of carbonyl (C=O) groups excluding carboxylic acids is 2. The van der Waals surface area contributed by atoms with Crippen molar-refractivity contribution in [3.05, 3.63) is 139 Å². The lowest BCUT2D eigenvalue weighted by Crippen LogP contribution is -2.49. The summed E-state index contributed by atoms with van der Waals surface area (Å²) in [6.45, 7) is 7.38. The Kier molecular flexibility index (Phi) is 14.7. The number of pyridine rings is 1. The summed E-state index contributed by atoms with van der Waals surface area (Å²) in [4.78, 5) is 60.1. The van der Waals surface area contributed by atoms with Crippen LogP contribution in [-0.2, 0) is 24.6 Å². The van der Waals surface area contributed by atoms with Gasteiger partial charge in [0.2, 0.25) is 0 Å². The quantitative estimate of drug-likeness (QED) is 0.134. The first-order valence-corrected chi connectivity index (χ1v) is 20.9. The second-order valence-corrected chi connectivity index (χ2v) is 15.4. The summed E-state index contributed by atoms with van der Waals surface area (Å²) in [6, 6.07) is 23.1. The highest BCUT2D eigenvalue weighted by molar-refractivity contribution is 7.98. The molecule has 58 heavy (non-hydrogen) atoms. The Balaban J connectivity index is 0.000000177. The number of imidazole rings is 2. The van der Waals surface area contributed by atoms with E-state index in [9.17, 15) is 9.59 Å². The Morgan fingerprint density at radius 1 is 0.552 bits per heavy atom. The molecule has 2 N–H and O–H groups in total. The van der Waals surface area contributed by atoms with Gasteiger partial charge in [0.1, 0.15) is 17.8 Å². The number of thioether (sulfide) groups is 2. The third kappa shape index (κ3) is 12.6. The predicted octanol–water partition coefficient (Wildman–Crippen LogP) is 6.22. The Morgan fingerprint density at radius 2 is 1.05 bits per heavy atom. The number of amides is 2. The molecule has 0 atom stereocenters.